The van der Waals surface area contributed by atoms with Crippen molar-refractivity contribution < 1.29 is 13.2 Å². The summed E-state index contributed by atoms with van der Waals surface area (Å²) < 4.78 is 30.4. The number of sulfone groups is 1. The first kappa shape index (κ1) is 13.9. The molecule has 0 atom stereocenters. The lowest BCUT2D eigenvalue weighted by atomic mass is 9.98. The number of benzene rings is 2. The van der Waals surface area contributed by atoms with Gasteiger partial charge in [0.2, 0.25) is 9.84 Å². The molecule has 108 valence electrons. The van der Waals surface area contributed by atoms with Crippen LogP contribution >= 0.6 is 0 Å². The first-order chi connectivity index (χ1) is 10.1. The van der Waals surface area contributed by atoms with Gasteiger partial charge in [-0.2, -0.15) is 0 Å². The normalized spacial score (nSPS) is 14.2. The summed E-state index contributed by atoms with van der Waals surface area (Å²) in [6.07, 6.45) is 3.10. The summed E-state index contributed by atoms with van der Waals surface area (Å²) in [5.74, 6) is 0.650. The van der Waals surface area contributed by atoms with E-state index in [1.54, 1.807) is 37.5 Å². The molecule has 0 fully saturated rings. The van der Waals surface area contributed by atoms with Crippen LogP contribution in [0.5, 0.6) is 5.75 Å². The predicted molar refractivity (Wildman–Crippen MR) is 82.9 cm³/mol. The average molecular weight is 300 g/mol. The Labute approximate surface area is 124 Å². The van der Waals surface area contributed by atoms with Gasteiger partial charge < -0.3 is 4.74 Å². The second-order valence-electron chi connectivity index (χ2n) is 4.99. The Morgan fingerprint density at radius 2 is 1.67 bits per heavy atom. The van der Waals surface area contributed by atoms with Crippen molar-refractivity contribution in [2.75, 3.05) is 7.11 Å². The van der Waals surface area contributed by atoms with Crippen molar-refractivity contribution in [3.8, 4) is 5.75 Å². The van der Waals surface area contributed by atoms with E-state index >= 15 is 0 Å². The maximum Gasteiger partial charge on any atom is 0.202 e. The molecule has 0 spiro atoms. The van der Waals surface area contributed by atoms with Crippen LogP contribution in [0.15, 0.2) is 58.3 Å². The summed E-state index contributed by atoms with van der Waals surface area (Å²) >= 11 is 0. The minimum Gasteiger partial charge on any atom is -0.497 e. The molecule has 21 heavy (non-hydrogen) atoms. The van der Waals surface area contributed by atoms with Gasteiger partial charge in [0.05, 0.1) is 16.9 Å². The fourth-order valence-electron chi connectivity index (χ4n) is 2.52. The van der Waals surface area contributed by atoms with Crippen LogP contribution in [0.1, 0.15) is 17.5 Å². The second kappa shape index (κ2) is 5.37. The van der Waals surface area contributed by atoms with Crippen LogP contribution in [0, 0.1) is 0 Å². The highest BCUT2D eigenvalue weighted by molar-refractivity contribution is 7.95. The molecule has 3 nitrogen and oxygen atoms in total. The quantitative estimate of drug-likeness (QED) is 0.872. The third-order valence-electron chi connectivity index (χ3n) is 3.73. The van der Waals surface area contributed by atoms with Crippen molar-refractivity contribution in [1.82, 2.24) is 0 Å². The minimum atomic E-state index is -3.42. The van der Waals surface area contributed by atoms with Crippen LogP contribution in [0.25, 0.3) is 6.08 Å². The van der Waals surface area contributed by atoms with Crippen LogP contribution in [0.4, 0.5) is 0 Å². The Morgan fingerprint density at radius 3 is 2.38 bits per heavy atom. The number of hydrogen-bond acceptors (Lipinski definition) is 3. The highest BCUT2D eigenvalue weighted by Crippen LogP contribution is 2.31. The lowest BCUT2D eigenvalue weighted by Gasteiger charge is -2.16. The van der Waals surface area contributed by atoms with Crippen molar-refractivity contribution in [3.05, 3.63) is 64.6 Å². The Kier molecular flexibility index (Phi) is 3.55. The fraction of sp³-hybridized carbons (Fsp3) is 0.176. The number of hydrogen-bond donors (Lipinski definition) is 0. The van der Waals surface area contributed by atoms with E-state index in [0.29, 0.717) is 22.0 Å². The summed E-state index contributed by atoms with van der Waals surface area (Å²) in [6, 6.07) is 14.4. The molecule has 0 radical (unpaired) electrons. The maximum atomic E-state index is 12.7. The molecule has 2 aromatic rings. The number of rotatable bonds is 3. The van der Waals surface area contributed by atoms with Gasteiger partial charge in [0, 0.05) is 0 Å². The van der Waals surface area contributed by atoms with Crippen molar-refractivity contribution in [1.29, 1.82) is 0 Å². The summed E-state index contributed by atoms with van der Waals surface area (Å²) in [6.45, 7) is 0. The van der Waals surface area contributed by atoms with Crippen LogP contribution in [0.2, 0.25) is 0 Å². The van der Waals surface area contributed by atoms with Crippen LogP contribution in [-0.2, 0) is 16.3 Å². The van der Waals surface area contributed by atoms with Gasteiger partial charge >= 0.3 is 0 Å². The van der Waals surface area contributed by atoms with Gasteiger partial charge in [-0.15, -0.1) is 0 Å². The molecule has 0 N–H and O–H groups in total. The van der Waals surface area contributed by atoms with Gasteiger partial charge in [-0.05, 0) is 54.3 Å². The average Bonchev–Trinajstić information content (AvgIpc) is 2.54. The first-order valence-corrected chi connectivity index (χ1v) is 8.27. The van der Waals surface area contributed by atoms with Gasteiger partial charge in [0.1, 0.15) is 5.75 Å². The van der Waals surface area contributed by atoms with Crippen LogP contribution in [-0.4, -0.2) is 15.5 Å². The monoisotopic (exact) mass is 300 g/mol. The second-order valence-corrected chi connectivity index (χ2v) is 6.99. The van der Waals surface area contributed by atoms with Gasteiger partial charge in [-0.1, -0.05) is 24.3 Å². The Hall–Kier alpha value is -2.07. The number of allylic oxidation sites excluding steroid dienone is 1. The van der Waals surface area contributed by atoms with Crippen molar-refractivity contribution in [2.24, 2.45) is 0 Å². The van der Waals surface area contributed by atoms with Gasteiger partial charge in [0.25, 0.3) is 0 Å². The highest BCUT2D eigenvalue weighted by Gasteiger charge is 2.23. The molecule has 4 heteroatoms. The van der Waals surface area contributed by atoms with E-state index in [-0.39, 0.29) is 0 Å². The molecule has 0 bridgehead atoms. The lowest BCUT2D eigenvalue weighted by molar-refractivity contribution is 0.414. The fourth-order valence-corrected chi connectivity index (χ4v) is 3.97. The SMILES string of the molecule is COc1ccc(S(=O)(=O)C2=Cc3ccccc3CC2)cc1. The minimum absolute atomic E-state index is 0.314. The Balaban J connectivity index is 2.01. The van der Waals surface area contributed by atoms with E-state index in [0.717, 1.165) is 12.0 Å². The molecule has 1 aliphatic rings. The third-order valence-corrected chi connectivity index (χ3v) is 5.63. The van der Waals surface area contributed by atoms with E-state index in [9.17, 15) is 8.42 Å². The molecular weight excluding hydrogens is 284 g/mol. The van der Waals surface area contributed by atoms with Crippen molar-refractivity contribution in [2.45, 2.75) is 17.7 Å². The molecule has 1 aliphatic carbocycles. The van der Waals surface area contributed by atoms with Crippen LogP contribution < -0.4 is 4.74 Å². The molecular formula is C17H16O3S. The van der Waals surface area contributed by atoms with E-state index in [2.05, 4.69) is 0 Å². The summed E-state index contributed by atoms with van der Waals surface area (Å²) in [7, 11) is -1.86. The largest absolute Gasteiger partial charge is 0.497 e. The van der Waals surface area contributed by atoms with Gasteiger partial charge in [0.15, 0.2) is 0 Å². The highest BCUT2D eigenvalue weighted by atomic mass is 32.2. The summed E-state index contributed by atoms with van der Waals surface area (Å²) in [4.78, 5) is 0.792. The summed E-state index contributed by atoms with van der Waals surface area (Å²) in [5, 5.41) is 0. The zero-order valence-corrected chi connectivity index (χ0v) is 12.6. The first-order valence-electron chi connectivity index (χ1n) is 6.79. The third kappa shape index (κ3) is 2.59. The van der Waals surface area contributed by atoms with Crippen molar-refractivity contribution in [3.63, 3.8) is 0 Å². The molecule has 0 amide bonds. The molecule has 0 aliphatic heterocycles. The summed E-state index contributed by atoms with van der Waals surface area (Å²) in [5.41, 5.74) is 2.20. The lowest BCUT2D eigenvalue weighted by Crippen LogP contribution is -2.09. The number of aryl methyl sites for hydroxylation is 1. The zero-order valence-electron chi connectivity index (χ0n) is 11.7. The molecule has 0 aromatic heterocycles. The molecule has 0 heterocycles. The van der Waals surface area contributed by atoms with Crippen LogP contribution in [0.3, 0.4) is 0 Å². The molecule has 0 saturated carbocycles. The maximum absolute atomic E-state index is 12.7. The van der Waals surface area contributed by atoms with Gasteiger partial charge in [-0.3, -0.25) is 0 Å². The van der Waals surface area contributed by atoms with E-state index in [1.165, 1.54) is 5.56 Å². The number of methoxy groups -OCH3 is 1. The van der Waals surface area contributed by atoms with E-state index < -0.39 is 9.84 Å². The molecule has 3 rings (SSSR count). The topological polar surface area (TPSA) is 43.4 Å². The standard InChI is InChI=1S/C17H16O3S/c1-20-15-7-10-16(11-8-15)21(18,19)17-9-6-13-4-2-3-5-14(13)12-17/h2-5,7-8,10-12H,6,9H2,1H3. The Morgan fingerprint density at radius 1 is 0.952 bits per heavy atom. The van der Waals surface area contributed by atoms with E-state index in [1.807, 2.05) is 24.3 Å². The molecule has 2 aromatic carbocycles. The Bertz CT molecular complexity index is 787. The smallest absolute Gasteiger partial charge is 0.202 e. The molecule has 0 saturated heterocycles. The van der Waals surface area contributed by atoms with Crippen molar-refractivity contribution >= 4 is 15.9 Å². The molecule has 0 unspecified atom stereocenters. The predicted octanol–water partition coefficient (Wildman–Crippen LogP) is 3.46. The number of fused-ring (bicyclic) bond motifs is 1. The number of ether oxygens (including phenoxy) is 1. The van der Waals surface area contributed by atoms with E-state index in [4.69, 9.17) is 4.74 Å². The van der Waals surface area contributed by atoms with Gasteiger partial charge in [-0.25, -0.2) is 8.42 Å². The zero-order chi connectivity index (χ0) is 14.9.